The summed E-state index contributed by atoms with van der Waals surface area (Å²) in [5.74, 6) is 2.28. The summed E-state index contributed by atoms with van der Waals surface area (Å²) < 4.78 is 0. The van der Waals surface area contributed by atoms with Gasteiger partial charge in [-0.15, -0.1) is 0 Å². The zero-order valence-electron chi connectivity index (χ0n) is 13.3. The van der Waals surface area contributed by atoms with Crippen LogP contribution in [0, 0.1) is 17.3 Å². The van der Waals surface area contributed by atoms with Gasteiger partial charge in [-0.2, -0.15) is 0 Å². The molecule has 0 aromatic carbocycles. The van der Waals surface area contributed by atoms with Crippen LogP contribution in [0.3, 0.4) is 0 Å². The van der Waals surface area contributed by atoms with Crippen molar-refractivity contribution < 1.29 is 20.4 Å². The highest BCUT2D eigenvalue weighted by atomic mass is 16.3. The normalized spacial score (nSPS) is 21.7. The van der Waals surface area contributed by atoms with E-state index in [1.807, 2.05) is 0 Å². The second-order valence-corrected chi connectivity index (χ2v) is 6.93. The Morgan fingerprint density at radius 3 is 1.00 bits per heavy atom. The van der Waals surface area contributed by atoms with Gasteiger partial charge in [0.1, 0.15) is 0 Å². The third kappa shape index (κ3) is 6.23. The first-order valence-electron chi connectivity index (χ1n) is 8.65. The predicted molar refractivity (Wildman–Crippen MR) is 83.9 cm³/mol. The molecule has 0 aromatic heterocycles. The number of aliphatic hydroxyl groups is 4. The van der Waals surface area contributed by atoms with Crippen LogP contribution in [0.4, 0.5) is 0 Å². The van der Waals surface area contributed by atoms with Gasteiger partial charge in [0, 0.05) is 0 Å². The van der Waals surface area contributed by atoms with Crippen LogP contribution >= 0.6 is 0 Å². The summed E-state index contributed by atoms with van der Waals surface area (Å²) in [4.78, 5) is 0. The monoisotopic (exact) mass is 302 g/mol. The minimum atomic E-state index is -1.11. The van der Waals surface area contributed by atoms with Crippen molar-refractivity contribution in [3.63, 3.8) is 0 Å². The molecule has 0 spiro atoms. The third-order valence-electron chi connectivity index (χ3n) is 5.31. The molecule has 2 aliphatic carbocycles. The molecule has 0 atom stereocenters. The Hall–Kier alpha value is -0.160. The molecule has 4 nitrogen and oxygen atoms in total. The molecule has 2 fully saturated rings. The lowest BCUT2D eigenvalue weighted by atomic mass is 9.73. The van der Waals surface area contributed by atoms with Crippen molar-refractivity contribution in [1.82, 2.24) is 0 Å². The molecule has 2 rings (SSSR count). The SMILES string of the molecule is C1CCC(C2CCCCC2)CC1.OCC(CO)(CO)CO. The van der Waals surface area contributed by atoms with Crippen LogP contribution in [-0.2, 0) is 0 Å². The highest BCUT2D eigenvalue weighted by Crippen LogP contribution is 2.37. The summed E-state index contributed by atoms with van der Waals surface area (Å²) in [5.41, 5.74) is -1.11. The minimum absolute atomic E-state index is 0.406. The zero-order chi connectivity index (χ0) is 15.6. The van der Waals surface area contributed by atoms with Crippen LogP contribution in [0.25, 0.3) is 0 Å². The average Bonchev–Trinajstić information content (AvgIpc) is 2.60. The lowest BCUT2D eigenvalue weighted by Gasteiger charge is -2.32. The molecule has 0 heterocycles. The summed E-state index contributed by atoms with van der Waals surface area (Å²) in [6, 6.07) is 0. The summed E-state index contributed by atoms with van der Waals surface area (Å²) in [6.45, 7) is -1.62. The summed E-state index contributed by atoms with van der Waals surface area (Å²) >= 11 is 0. The molecule has 2 aliphatic rings. The lowest BCUT2D eigenvalue weighted by Crippen LogP contribution is -2.37. The number of aliphatic hydroxyl groups excluding tert-OH is 4. The third-order valence-corrected chi connectivity index (χ3v) is 5.31. The summed E-state index contributed by atoms with van der Waals surface area (Å²) in [7, 11) is 0. The number of rotatable bonds is 5. The Balaban J connectivity index is 0.000000222. The highest BCUT2D eigenvalue weighted by Gasteiger charge is 2.26. The minimum Gasteiger partial charge on any atom is -0.396 e. The Labute approximate surface area is 129 Å². The maximum atomic E-state index is 8.50. The molecule has 126 valence electrons. The van der Waals surface area contributed by atoms with Gasteiger partial charge < -0.3 is 20.4 Å². The lowest BCUT2D eigenvalue weighted by molar-refractivity contribution is -0.0328. The van der Waals surface area contributed by atoms with E-state index in [2.05, 4.69) is 0 Å². The Morgan fingerprint density at radius 2 is 0.810 bits per heavy atom. The van der Waals surface area contributed by atoms with E-state index in [0.717, 1.165) is 11.8 Å². The Morgan fingerprint density at radius 1 is 0.524 bits per heavy atom. The van der Waals surface area contributed by atoms with Crippen LogP contribution in [0.15, 0.2) is 0 Å². The first-order chi connectivity index (χ1) is 10.2. The van der Waals surface area contributed by atoms with Gasteiger partial charge in [-0.05, 0) is 11.8 Å². The van der Waals surface area contributed by atoms with Crippen LogP contribution in [0.2, 0.25) is 0 Å². The molecular weight excluding hydrogens is 268 g/mol. The van der Waals surface area contributed by atoms with Crippen molar-refractivity contribution in [2.45, 2.75) is 64.2 Å². The first-order valence-corrected chi connectivity index (χ1v) is 8.65. The van der Waals surface area contributed by atoms with E-state index in [1.165, 1.54) is 38.5 Å². The van der Waals surface area contributed by atoms with E-state index in [-0.39, 0.29) is 0 Å². The molecule has 0 saturated heterocycles. The first kappa shape index (κ1) is 18.9. The van der Waals surface area contributed by atoms with E-state index >= 15 is 0 Å². The zero-order valence-corrected chi connectivity index (χ0v) is 13.3. The Bertz CT molecular complexity index is 208. The summed E-state index contributed by atoms with van der Waals surface area (Å²) in [5, 5.41) is 34.0. The molecular formula is C17H34O4. The summed E-state index contributed by atoms with van der Waals surface area (Å²) in [6.07, 6.45) is 15.4. The van der Waals surface area contributed by atoms with Gasteiger partial charge in [0.25, 0.3) is 0 Å². The maximum Gasteiger partial charge on any atom is 0.0627 e. The van der Waals surface area contributed by atoms with Crippen LogP contribution in [0.1, 0.15) is 64.2 Å². The molecule has 21 heavy (non-hydrogen) atoms. The molecule has 0 unspecified atom stereocenters. The van der Waals surface area contributed by atoms with Crippen molar-refractivity contribution in [3.05, 3.63) is 0 Å². The van der Waals surface area contributed by atoms with Crippen LogP contribution in [-0.4, -0.2) is 46.9 Å². The largest absolute Gasteiger partial charge is 0.396 e. The molecule has 0 radical (unpaired) electrons. The van der Waals surface area contributed by atoms with Gasteiger partial charge in [-0.25, -0.2) is 0 Å². The molecule has 4 N–H and O–H groups in total. The van der Waals surface area contributed by atoms with Crippen LogP contribution < -0.4 is 0 Å². The van der Waals surface area contributed by atoms with E-state index < -0.39 is 31.8 Å². The average molecular weight is 302 g/mol. The van der Waals surface area contributed by atoms with Crippen LogP contribution in [0.5, 0.6) is 0 Å². The molecule has 2 saturated carbocycles. The second-order valence-electron chi connectivity index (χ2n) is 6.93. The molecule has 0 aromatic rings. The number of hydrogen-bond donors (Lipinski definition) is 4. The quantitative estimate of drug-likeness (QED) is 0.627. The highest BCUT2D eigenvalue weighted by molar-refractivity contribution is 4.76. The van der Waals surface area contributed by atoms with Gasteiger partial charge in [-0.3, -0.25) is 0 Å². The van der Waals surface area contributed by atoms with Gasteiger partial charge in [0.15, 0.2) is 0 Å². The Kier molecular flexibility index (Phi) is 9.49. The standard InChI is InChI=1S/C12H22.C5H12O4/c1-3-7-11(8-4-1)12-9-5-2-6-10-12;6-1-5(2-7,3-8)4-9/h11-12H,1-10H2;6-9H,1-4H2. The molecule has 0 amide bonds. The molecule has 0 bridgehead atoms. The topological polar surface area (TPSA) is 80.9 Å². The van der Waals surface area contributed by atoms with Crippen molar-refractivity contribution in [3.8, 4) is 0 Å². The van der Waals surface area contributed by atoms with Crippen molar-refractivity contribution in [2.75, 3.05) is 26.4 Å². The number of hydrogen-bond acceptors (Lipinski definition) is 4. The van der Waals surface area contributed by atoms with Crippen molar-refractivity contribution in [1.29, 1.82) is 0 Å². The van der Waals surface area contributed by atoms with Gasteiger partial charge >= 0.3 is 0 Å². The van der Waals surface area contributed by atoms with E-state index in [9.17, 15) is 0 Å². The van der Waals surface area contributed by atoms with E-state index in [4.69, 9.17) is 20.4 Å². The van der Waals surface area contributed by atoms with E-state index in [1.54, 1.807) is 25.7 Å². The second kappa shape index (κ2) is 10.5. The van der Waals surface area contributed by atoms with Gasteiger partial charge in [0.05, 0.1) is 31.8 Å². The molecule has 0 aliphatic heterocycles. The van der Waals surface area contributed by atoms with E-state index in [0.29, 0.717) is 0 Å². The van der Waals surface area contributed by atoms with Gasteiger partial charge in [-0.1, -0.05) is 64.2 Å². The maximum absolute atomic E-state index is 8.50. The fraction of sp³-hybridized carbons (Fsp3) is 1.00. The predicted octanol–water partition coefficient (Wildman–Crippen LogP) is 2.09. The fourth-order valence-electron chi connectivity index (χ4n) is 3.51. The van der Waals surface area contributed by atoms with Gasteiger partial charge in [0.2, 0.25) is 0 Å². The fourth-order valence-corrected chi connectivity index (χ4v) is 3.51. The van der Waals surface area contributed by atoms with Crippen molar-refractivity contribution >= 4 is 0 Å². The smallest absolute Gasteiger partial charge is 0.0627 e. The van der Waals surface area contributed by atoms with Crippen molar-refractivity contribution in [2.24, 2.45) is 17.3 Å². The molecule has 4 heteroatoms.